The highest BCUT2D eigenvalue weighted by Crippen LogP contribution is 2.30. The molecule has 0 saturated carbocycles. The van der Waals surface area contributed by atoms with Crippen molar-refractivity contribution in [1.29, 1.82) is 0 Å². The number of rotatable bonds is 3. The molecule has 2 N–H and O–H groups in total. The molecule has 1 aliphatic rings. The van der Waals surface area contributed by atoms with Gasteiger partial charge in [-0.15, -0.1) is 0 Å². The molecule has 1 aromatic carbocycles. The van der Waals surface area contributed by atoms with Gasteiger partial charge in [0.25, 0.3) is 0 Å². The van der Waals surface area contributed by atoms with Crippen molar-refractivity contribution in [2.24, 2.45) is 0 Å². The predicted octanol–water partition coefficient (Wildman–Crippen LogP) is 2.06. The second kappa shape index (κ2) is 5.59. The van der Waals surface area contributed by atoms with Gasteiger partial charge in [-0.25, -0.2) is 0 Å². The van der Waals surface area contributed by atoms with Gasteiger partial charge in [-0.1, -0.05) is 6.07 Å². The van der Waals surface area contributed by atoms with E-state index >= 15 is 0 Å². The molecule has 0 bridgehead atoms. The minimum atomic E-state index is -0.640. The van der Waals surface area contributed by atoms with Gasteiger partial charge in [-0.05, 0) is 25.8 Å². The van der Waals surface area contributed by atoms with Crippen LogP contribution in [0.1, 0.15) is 31.4 Å². The molecule has 1 atom stereocenters. The number of benzene rings is 1. The van der Waals surface area contributed by atoms with Gasteiger partial charge in [0.15, 0.2) is 0 Å². The highest BCUT2D eigenvalue weighted by atomic mass is 16.5. The number of ether oxygens (including phenoxy) is 1. The lowest BCUT2D eigenvalue weighted by Crippen LogP contribution is -2.36. The third-order valence-electron chi connectivity index (χ3n) is 3.60. The third kappa shape index (κ3) is 2.76. The maximum Gasteiger partial charge on any atom is 0.123 e. The summed E-state index contributed by atoms with van der Waals surface area (Å²) < 4.78 is 5.34. The largest absolute Gasteiger partial charge is 0.507 e. The van der Waals surface area contributed by atoms with Crippen molar-refractivity contribution in [2.45, 2.75) is 32.0 Å². The smallest absolute Gasteiger partial charge is 0.123 e. The van der Waals surface area contributed by atoms with Crippen molar-refractivity contribution in [1.82, 2.24) is 0 Å². The van der Waals surface area contributed by atoms with E-state index in [9.17, 15) is 10.2 Å². The molecule has 1 heterocycles. The number of hydrogen-bond donors (Lipinski definition) is 2. The SMILES string of the molecule is COC1CCN(c2ccc(C(C)O)c(O)c2)CC1. The first-order valence-electron chi connectivity index (χ1n) is 6.40. The lowest BCUT2D eigenvalue weighted by atomic mass is 10.0. The summed E-state index contributed by atoms with van der Waals surface area (Å²) >= 11 is 0. The lowest BCUT2D eigenvalue weighted by Gasteiger charge is -2.33. The Morgan fingerprint density at radius 1 is 1.33 bits per heavy atom. The summed E-state index contributed by atoms with van der Waals surface area (Å²) in [4.78, 5) is 2.24. The quantitative estimate of drug-likeness (QED) is 0.863. The topological polar surface area (TPSA) is 52.9 Å². The summed E-state index contributed by atoms with van der Waals surface area (Å²) in [6.07, 6.45) is 1.73. The number of piperidine rings is 1. The highest BCUT2D eigenvalue weighted by Gasteiger charge is 2.19. The summed E-state index contributed by atoms with van der Waals surface area (Å²) in [6, 6.07) is 5.47. The molecule has 1 aliphatic heterocycles. The van der Waals surface area contributed by atoms with Crippen LogP contribution in [0.4, 0.5) is 5.69 Å². The number of nitrogens with zero attached hydrogens (tertiary/aromatic N) is 1. The number of aromatic hydroxyl groups is 1. The fourth-order valence-electron chi connectivity index (χ4n) is 2.43. The molecule has 0 amide bonds. The van der Waals surface area contributed by atoms with E-state index in [-0.39, 0.29) is 5.75 Å². The van der Waals surface area contributed by atoms with Crippen LogP contribution in [0.3, 0.4) is 0 Å². The first kappa shape index (κ1) is 13.2. The number of hydrogen-bond acceptors (Lipinski definition) is 4. The summed E-state index contributed by atoms with van der Waals surface area (Å²) in [5.41, 5.74) is 1.58. The first-order valence-corrected chi connectivity index (χ1v) is 6.40. The Hall–Kier alpha value is -1.26. The molecule has 1 fully saturated rings. The number of phenols is 1. The van der Waals surface area contributed by atoms with Crippen LogP contribution in [0.5, 0.6) is 5.75 Å². The number of aliphatic hydroxyl groups excluding tert-OH is 1. The number of methoxy groups -OCH3 is 1. The number of phenolic OH excluding ortho intramolecular Hbond substituents is 1. The zero-order valence-corrected chi connectivity index (χ0v) is 11.0. The maximum absolute atomic E-state index is 9.88. The van der Waals surface area contributed by atoms with Crippen LogP contribution < -0.4 is 4.90 Å². The molecule has 1 aromatic rings. The van der Waals surface area contributed by atoms with Crippen molar-refractivity contribution < 1.29 is 14.9 Å². The summed E-state index contributed by atoms with van der Waals surface area (Å²) in [5.74, 6) is 0.163. The van der Waals surface area contributed by atoms with Crippen LogP contribution in [-0.2, 0) is 4.74 Å². The molecule has 4 heteroatoms. The maximum atomic E-state index is 9.88. The molecule has 100 valence electrons. The van der Waals surface area contributed by atoms with Crippen LogP contribution in [0, 0.1) is 0 Å². The van der Waals surface area contributed by atoms with Crippen molar-refractivity contribution in [3.8, 4) is 5.75 Å². The van der Waals surface area contributed by atoms with Gasteiger partial charge in [-0.3, -0.25) is 0 Å². The molecule has 1 saturated heterocycles. The van der Waals surface area contributed by atoms with Crippen LogP contribution in [0.2, 0.25) is 0 Å². The molecule has 0 aromatic heterocycles. The van der Waals surface area contributed by atoms with Gasteiger partial charge >= 0.3 is 0 Å². The zero-order valence-electron chi connectivity index (χ0n) is 11.0. The number of aliphatic hydroxyl groups is 1. The van der Waals surface area contributed by atoms with Gasteiger partial charge in [-0.2, -0.15) is 0 Å². The second-order valence-corrected chi connectivity index (χ2v) is 4.84. The highest BCUT2D eigenvalue weighted by molar-refractivity contribution is 5.54. The fraction of sp³-hybridized carbons (Fsp3) is 0.571. The monoisotopic (exact) mass is 251 g/mol. The van der Waals surface area contributed by atoms with E-state index in [2.05, 4.69) is 4.90 Å². The molecule has 18 heavy (non-hydrogen) atoms. The normalized spacial score (nSPS) is 18.9. The summed E-state index contributed by atoms with van der Waals surface area (Å²) in [5, 5.41) is 19.4. The van der Waals surface area contributed by atoms with Crippen LogP contribution in [-0.4, -0.2) is 36.5 Å². The molecular formula is C14H21NO3. The minimum absolute atomic E-state index is 0.163. The Bertz CT molecular complexity index is 398. The molecule has 0 spiro atoms. The zero-order chi connectivity index (χ0) is 13.1. The van der Waals surface area contributed by atoms with Crippen molar-refractivity contribution in [2.75, 3.05) is 25.1 Å². The lowest BCUT2D eigenvalue weighted by molar-refractivity contribution is 0.0819. The van der Waals surface area contributed by atoms with E-state index < -0.39 is 6.10 Å². The van der Waals surface area contributed by atoms with Crippen LogP contribution >= 0.6 is 0 Å². The van der Waals surface area contributed by atoms with Gasteiger partial charge in [0.1, 0.15) is 5.75 Å². The fourth-order valence-corrected chi connectivity index (χ4v) is 2.43. The third-order valence-corrected chi connectivity index (χ3v) is 3.60. The first-order chi connectivity index (χ1) is 8.61. The molecule has 0 aliphatic carbocycles. The molecule has 2 rings (SSSR count). The average molecular weight is 251 g/mol. The van der Waals surface area contributed by atoms with Crippen molar-refractivity contribution in [3.05, 3.63) is 23.8 Å². The van der Waals surface area contributed by atoms with E-state index in [4.69, 9.17) is 4.74 Å². The molecule has 1 unspecified atom stereocenters. The van der Waals surface area contributed by atoms with Gasteiger partial charge in [0, 0.05) is 37.5 Å². The Morgan fingerprint density at radius 2 is 2.00 bits per heavy atom. The van der Waals surface area contributed by atoms with E-state index in [1.54, 1.807) is 26.2 Å². The Balaban J connectivity index is 2.08. The standard InChI is InChI=1S/C14H21NO3/c1-10(16)13-4-3-11(9-14(13)17)15-7-5-12(18-2)6-8-15/h3-4,9-10,12,16-17H,5-8H2,1-2H3. The second-order valence-electron chi connectivity index (χ2n) is 4.84. The minimum Gasteiger partial charge on any atom is -0.507 e. The Morgan fingerprint density at radius 3 is 2.50 bits per heavy atom. The van der Waals surface area contributed by atoms with E-state index in [0.717, 1.165) is 31.6 Å². The van der Waals surface area contributed by atoms with Crippen molar-refractivity contribution >= 4 is 5.69 Å². The van der Waals surface area contributed by atoms with Gasteiger partial charge < -0.3 is 19.8 Å². The van der Waals surface area contributed by atoms with Crippen LogP contribution in [0.15, 0.2) is 18.2 Å². The van der Waals surface area contributed by atoms with Crippen molar-refractivity contribution in [3.63, 3.8) is 0 Å². The van der Waals surface area contributed by atoms with E-state index in [1.807, 2.05) is 6.07 Å². The summed E-state index contributed by atoms with van der Waals surface area (Å²) in [6.45, 7) is 3.52. The molecule has 4 nitrogen and oxygen atoms in total. The van der Waals surface area contributed by atoms with Crippen LogP contribution in [0.25, 0.3) is 0 Å². The molecular weight excluding hydrogens is 230 g/mol. The number of anilines is 1. The predicted molar refractivity (Wildman–Crippen MR) is 71.0 cm³/mol. The molecule has 0 radical (unpaired) electrons. The van der Waals surface area contributed by atoms with Gasteiger partial charge in [0.2, 0.25) is 0 Å². The Labute approximate surface area is 108 Å². The summed E-state index contributed by atoms with van der Waals surface area (Å²) in [7, 11) is 1.75. The van der Waals surface area contributed by atoms with Gasteiger partial charge in [0.05, 0.1) is 12.2 Å². The Kier molecular flexibility index (Phi) is 4.09. The van der Waals surface area contributed by atoms with E-state index in [1.165, 1.54) is 0 Å². The van der Waals surface area contributed by atoms with E-state index in [0.29, 0.717) is 11.7 Å². The average Bonchev–Trinajstić information content (AvgIpc) is 2.38.